The van der Waals surface area contributed by atoms with Crippen LogP contribution >= 0.6 is 24.0 Å². The van der Waals surface area contributed by atoms with Crippen molar-refractivity contribution in [3.05, 3.63) is 41.0 Å². The van der Waals surface area contributed by atoms with Gasteiger partial charge in [-0.15, -0.1) is 0 Å². The number of thiocarbonyl (C=S) groups is 1. The Morgan fingerprint density at radius 1 is 1.43 bits per heavy atom. The lowest BCUT2D eigenvalue weighted by atomic mass is 10.2. The second-order valence-electron chi connectivity index (χ2n) is 4.35. The van der Waals surface area contributed by atoms with Crippen molar-refractivity contribution in [2.75, 3.05) is 6.54 Å². The van der Waals surface area contributed by atoms with Gasteiger partial charge in [0.15, 0.2) is 0 Å². The second kappa shape index (κ2) is 5.34. The molecule has 1 fully saturated rings. The number of thioether (sulfide) groups is 1. The van der Waals surface area contributed by atoms with Crippen LogP contribution in [0.25, 0.3) is 17.0 Å². The molecule has 3 rings (SSSR count). The zero-order chi connectivity index (χ0) is 15.0. The third-order valence-electron chi connectivity index (χ3n) is 2.88. The van der Waals surface area contributed by atoms with Crippen LogP contribution in [0.1, 0.15) is 5.76 Å². The standard InChI is InChI=1S/C14H9NO4S2/c16-12(17)7-15-13(18)11(21-14(15)20)6-9-5-8-3-1-2-4-10(8)19-9/h1-6H,7H2,(H,16,17)/b11-6-. The molecule has 1 saturated heterocycles. The molecule has 5 nitrogen and oxygen atoms in total. The van der Waals surface area contributed by atoms with Crippen molar-refractivity contribution in [2.24, 2.45) is 0 Å². The Hall–Kier alpha value is -2.12. The number of furan rings is 1. The number of hydrogen-bond donors (Lipinski definition) is 1. The fourth-order valence-corrected chi connectivity index (χ4v) is 3.21. The highest BCUT2D eigenvalue weighted by atomic mass is 32.2. The van der Waals surface area contributed by atoms with Crippen LogP contribution in [-0.4, -0.2) is 32.7 Å². The van der Waals surface area contributed by atoms with Crippen LogP contribution < -0.4 is 0 Å². The molecule has 1 aromatic heterocycles. The maximum absolute atomic E-state index is 12.1. The Morgan fingerprint density at radius 3 is 2.90 bits per heavy atom. The molecule has 0 spiro atoms. The maximum Gasteiger partial charge on any atom is 0.323 e. The summed E-state index contributed by atoms with van der Waals surface area (Å²) in [5.41, 5.74) is 0.727. The summed E-state index contributed by atoms with van der Waals surface area (Å²) in [6.45, 7) is -0.428. The third kappa shape index (κ3) is 2.70. The topological polar surface area (TPSA) is 70.8 Å². The first-order valence-electron chi connectivity index (χ1n) is 6.00. The van der Waals surface area contributed by atoms with Gasteiger partial charge in [0.1, 0.15) is 22.2 Å². The molecule has 0 atom stereocenters. The minimum Gasteiger partial charge on any atom is -0.480 e. The van der Waals surface area contributed by atoms with Crippen LogP contribution in [0.4, 0.5) is 0 Å². The Labute approximate surface area is 129 Å². The number of fused-ring (bicyclic) bond motifs is 1. The molecule has 0 radical (unpaired) electrons. The predicted octanol–water partition coefficient (Wildman–Crippen LogP) is 2.72. The molecular weight excluding hydrogens is 310 g/mol. The molecular formula is C14H9NO4S2. The molecule has 0 unspecified atom stereocenters. The summed E-state index contributed by atoms with van der Waals surface area (Å²) in [5, 5.41) is 9.71. The fraction of sp³-hybridized carbons (Fsp3) is 0.0714. The van der Waals surface area contributed by atoms with Gasteiger partial charge in [0, 0.05) is 11.5 Å². The van der Waals surface area contributed by atoms with Crippen LogP contribution in [0.2, 0.25) is 0 Å². The Bertz CT molecular complexity index is 760. The first-order valence-corrected chi connectivity index (χ1v) is 7.23. The van der Waals surface area contributed by atoms with E-state index in [9.17, 15) is 9.59 Å². The van der Waals surface area contributed by atoms with E-state index in [-0.39, 0.29) is 4.32 Å². The zero-order valence-corrected chi connectivity index (χ0v) is 12.2. The van der Waals surface area contributed by atoms with E-state index >= 15 is 0 Å². The SMILES string of the molecule is O=C(O)CN1C(=O)/C(=C/c2cc3ccccc3o2)SC1=S. The zero-order valence-electron chi connectivity index (χ0n) is 10.6. The van der Waals surface area contributed by atoms with Gasteiger partial charge in [0.25, 0.3) is 5.91 Å². The summed E-state index contributed by atoms with van der Waals surface area (Å²) >= 11 is 6.10. The molecule has 0 saturated carbocycles. The quantitative estimate of drug-likeness (QED) is 0.693. The smallest absolute Gasteiger partial charge is 0.323 e. The molecule has 7 heteroatoms. The highest BCUT2D eigenvalue weighted by Crippen LogP contribution is 2.33. The largest absolute Gasteiger partial charge is 0.480 e. The first kappa shape index (κ1) is 13.8. The van der Waals surface area contributed by atoms with E-state index in [1.807, 2.05) is 30.3 Å². The van der Waals surface area contributed by atoms with Gasteiger partial charge in [-0.3, -0.25) is 14.5 Å². The Kier molecular flexibility index (Phi) is 3.52. The average Bonchev–Trinajstić information content (AvgIpc) is 2.94. The number of para-hydroxylation sites is 1. The number of rotatable bonds is 3. The van der Waals surface area contributed by atoms with Gasteiger partial charge in [-0.1, -0.05) is 42.2 Å². The van der Waals surface area contributed by atoms with Crippen LogP contribution in [0.15, 0.2) is 39.7 Å². The van der Waals surface area contributed by atoms with E-state index in [2.05, 4.69) is 0 Å². The Morgan fingerprint density at radius 2 is 2.19 bits per heavy atom. The summed E-state index contributed by atoms with van der Waals surface area (Å²) in [4.78, 5) is 24.3. The summed E-state index contributed by atoms with van der Waals surface area (Å²) in [6, 6.07) is 9.32. The van der Waals surface area contributed by atoms with E-state index in [1.54, 1.807) is 6.08 Å². The van der Waals surface area contributed by atoms with Crippen molar-refractivity contribution in [1.82, 2.24) is 4.90 Å². The summed E-state index contributed by atoms with van der Waals surface area (Å²) in [7, 11) is 0. The Balaban J connectivity index is 1.91. The first-order chi connectivity index (χ1) is 10.0. The van der Waals surface area contributed by atoms with Crippen LogP contribution in [0.5, 0.6) is 0 Å². The number of amides is 1. The van der Waals surface area contributed by atoms with Crippen molar-refractivity contribution in [3.8, 4) is 0 Å². The molecule has 0 bridgehead atoms. The van der Waals surface area contributed by atoms with Gasteiger partial charge in [-0.2, -0.15) is 0 Å². The van der Waals surface area contributed by atoms with E-state index in [0.29, 0.717) is 10.7 Å². The maximum atomic E-state index is 12.1. The number of carbonyl (C=O) groups excluding carboxylic acids is 1. The lowest BCUT2D eigenvalue weighted by molar-refractivity contribution is -0.140. The molecule has 1 aliphatic rings. The summed E-state index contributed by atoms with van der Waals surface area (Å²) in [6.07, 6.45) is 1.58. The van der Waals surface area contributed by atoms with Gasteiger partial charge < -0.3 is 9.52 Å². The number of carbonyl (C=O) groups is 2. The highest BCUT2D eigenvalue weighted by Gasteiger charge is 2.33. The van der Waals surface area contributed by atoms with Gasteiger partial charge in [-0.25, -0.2) is 0 Å². The van der Waals surface area contributed by atoms with Crippen LogP contribution in [0, 0.1) is 0 Å². The van der Waals surface area contributed by atoms with Gasteiger partial charge >= 0.3 is 5.97 Å². The molecule has 2 heterocycles. The molecule has 2 aromatic rings. The van der Waals surface area contributed by atoms with Crippen molar-refractivity contribution in [2.45, 2.75) is 0 Å². The van der Waals surface area contributed by atoms with Gasteiger partial charge in [0.05, 0.1) is 4.91 Å². The van der Waals surface area contributed by atoms with E-state index in [1.165, 1.54) is 0 Å². The number of nitrogens with zero attached hydrogens (tertiary/aromatic N) is 1. The molecule has 1 aliphatic heterocycles. The third-order valence-corrected chi connectivity index (χ3v) is 4.26. The van der Waals surface area contributed by atoms with Gasteiger partial charge in [0.2, 0.25) is 0 Å². The normalized spacial score (nSPS) is 17.1. The van der Waals surface area contributed by atoms with Crippen molar-refractivity contribution >= 4 is 57.2 Å². The minimum absolute atomic E-state index is 0.241. The van der Waals surface area contributed by atoms with Crippen LogP contribution in [-0.2, 0) is 9.59 Å². The molecule has 0 aliphatic carbocycles. The number of hydrogen-bond acceptors (Lipinski definition) is 5. The number of carboxylic acids is 1. The fourth-order valence-electron chi connectivity index (χ4n) is 1.97. The monoisotopic (exact) mass is 319 g/mol. The molecule has 106 valence electrons. The highest BCUT2D eigenvalue weighted by molar-refractivity contribution is 8.26. The lowest BCUT2D eigenvalue weighted by Crippen LogP contribution is -2.33. The van der Waals surface area contributed by atoms with Crippen molar-refractivity contribution < 1.29 is 19.1 Å². The average molecular weight is 319 g/mol. The van der Waals surface area contributed by atoms with Crippen molar-refractivity contribution in [1.29, 1.82) is 0 Å². The number of benzene rings is 1. The number of carboxylic acid groups (broad SMARTS) is 1. The predicted molar refractivity (Wildman–Crippen MR) is 83.7 cm³/mol. The molecule has 1 amide bonds. The molecule has 1 aromatic carbocycles. The van der Waals surface area contributed by atoms with Crippen molar-refractivity contribution in [3.63, 3.8) is 0 Å². The second-order valence-corrected chi connectivity index (χ2v) is 6.02. The van der Waals surface area contributed by atoms with E-state index in [4.69, 9.17) is 21.7 Å². The van der Waals surface area contributed by atoms with Crippen LogP contribution in [0.3, 0.4) is 0 Å². The van der Waals surface area contributed by atoms with E-state index < -0.39 is 18.4 Å². The van der Waals surface area contributed by atoms with E-state index in [0.717, 1.165) is 27.6 Å². The minimum atomic E-state index is -1.10. The molecule has 1 N–H and O–H groups in total. The lowest BCUT2D eigenvalue weighted by Gasteiger charge is -2.09. The summed E-state index contributed by atoms with van der Waals surface area (Å²) in [5.74, 6) is -0.976. The van der Waals surface area contributed by atoms with Gasteiger partial charge in [-0.05, 0) is 12.1 Å². The number of aliphatic carboxylic acids is 1. The summed E-state index contributed by atoms with van der Waals surface area (Å²) < 4.78 is 5.85. The molecule has 21 heavy (non-hydrogen) atoms.